The van der Waals surface area contributed by atoms with Crippen molar-refractivity contribution in [3.8, 4) is 0 Å². The number of esters is 1. The minimum Gasteiger partial charge on any atom is -0.466 e. The molecule has 0 saturated carbocycles. The highest BCUT2D eigenvalue weighted by molar-refractivity contribution is 7.25. The van der Waals surface area contributed by atoms with Gasteiger partial charge in [-0.05, 0) is 84.4 Å². The molecule has 2 rings (SSSR count). The van der Waals surface area contributed by atoms with E-state index in [4.69, 9.17) is 18.9 Å². The SMILES string of the molecule is CCOC(=O)C(Cc1cnc(N(C(=O)OC(C)(C)C)C(=O)OC(C)(C)C)c(C)c1)C(O)(P=O)C(NC(=O)OCc1ccccc1)C(C)C. The molecule has 0 aliphatic carbocycles. The van der Waals surface area contributed by atoms with Crippen LogP contribution in [0.3, 0.4) is 0 Å². The highest BCUT2D eigenvalue weighted by Gasteiger charge is 2.51. The van der Waals surface area contributed by atoms with Gasteiger partial charge in [-0.25, -0.2) is 19.4 Å². The molecular weight excluding hydrogens is 641 g/mol. The molecular formula is C34H48N3O10P. The van der Waals surface area contributed by atoms with E-state index in [0.29, 0.717) is 16.0 Å². The maximum atomic E-state index is 13.4. The standard InChI is InChI=1S/C34H48N3O10P/c1-11-44-28(38)25(34(42,48-43)26(21(2)3)36-29(39)45-20-23-15-13-12-14-16-23)18-24-17-22(4)27(35-19-24)37(30(40)46-32(5,6)7)31(41)47-33(8,9)10/h12-17,19,21,25-26,42H,11,18,20H2,1-10H3,(H,36,39). The van der Waals surface area contributed by atoms with Crippen molar-refractivity contribution < 1.29 is 47.8 Å². The summed E-state index contributed by atoms with van der Waals surface area (Å²) >= 11 is 0. The van der Waals surface area contributed by atoms with Crippen LogP contribution in [-0.2, 0) is 41.3 Å². The number of rotatable bonds is 12. The van der Waals surface area contributed by atoms with Gasteiger partial charge in [-0.2, -0.15) is 4.90 Å². The zero-order chi connectivity index (χ0) is 36.4. The van der Waals surface area contributed by atoms with Crippen LogP contribution in [-0.4, -0.2) is 63.5 Å². The van der Waals surface area contributed by atoms with E-state index in [2.05, 4.69) is 10.3 Å². The molecule has 14 heteroatoms. The lowest BCUT2D eigenvalue weighted by Gasteiger charge is -2.38. The lowest BCUT2D eigenvalue weighted by atomic mass is 9.84. The highest BCUT2D eigenvalue weighted by Crippen LogP contribution is 2.39. The Kier molecular flexibility index (Phi) is 14.1. The van der Waals surface area contributed by atoms with Crippen molar-refractivity contribution in [1.29, 1.82) is 0 Å². The number of aromatic nitrogens is 1. The van der Waals surface area contributed by atoms with E-state index in [0.717, 1.165) is 5.56 Å². The Morgan fingerprint density at radius 3 is 1.96 bits per heavy atom. The van der Waals surface area contributed by atoms with Crippen molar-refractivity contribution in [2.24, 2.45) is 11.8 Å². The molecule has 1 aromatic heterocycles. The first-order chi connectivity index (χ1) is 22.2. The van der Waals surface area contributed by atoms with E-state index in [-0.39, 0.29) is 25.5 Å². The molecule has 1 heterocycles. The molecule has 0 bridgehead atoms. The Labute approximate surface area is 283 Å². The van der Waals surface area contributed by atoms with Crippen molar-refractivity contribution in [1.82, 2.24) is 10.3 Å². The monoisotopic (exact) mass is 689 g/mol. The number of aliphatic hydroxyl groups is 1. The fraction of sp³-hybridized carbons (Fsp3) is 0.559. The van der Waals surface area contributed by atoms with E-state index in [1.807, 2.05) is 6.07 Å². The molecule has 2 aromatic rings. The fourth-order valence-corrected chi connectivity index (χ4v) is 5.51. The third kappa shape index (κ3) is 11.6. The molecule has 0 aliphatic heterocycles. The third-order valence-corrected chi connectivity index (χ3v) is 7.63. The van der Waals surface area contributed by atoms with Gasteiger partial charge < -0.3 is 29.4 Å². The molecule has 0 saturated heterocycles. The Morgan fingerprint density at radius 2 is 1.50 bits per heavy atom. The minimum atomic E-state index is -2.35. The second-order valence-corrected chi connectivity index (χ2v) is 14.5. The maximum absolute atomic E-state index is 13.4. The van der Waals surface area contributed by atoms with Gasteiger partial charge in [-0.15, -0.1) is 0 Å². The lowest BCUT2D eigenvalue weighted by Crippen LogP contribution is -2.58. The fourth-order valence-electron chi connectivity index (χ4n) is 4.71. The van der Waals surface area contributed by atoms with E-state index in [1.165, 1.54) is 6.20 Å². The summed E-state index contributed by atoms with van der Waals surface area (Å²) in [4.78, 5) is 57.6. The summed E-state index contributed by atoms with van der Waals surface area (Å²) in [6, 6.07) is 9.30. The third-order valence-electron chi connectivity index (χ3n) is 6.75. The number of hydrogen-bond donors (Lipinski definition) is 2. The average Bonchev–Trinajstić information content (AvgIpc) is 2.97. The number of pyridine rings is 1. The number of hydrogen-bond acceptors (Lipinski definition) is 11. The second kappa shape index (κ2) is 16.8. The van der Waals surface area contributed by atoms with Crippen LogP contribution >= 0.6 is 8.46 Å². The normalized spacial score (nSPS) is 14.3. The Balaban J connectivity index is 2.49. The highest BCUT2D eigenvalue weighted by atomic mass is 31.1. The van der Waals surface area contributed by atoms with Crippen molar-refractivity contribution in [2.45, 2.75) is 105 Å². The topological polar surface area (TPSA) is 171 Å². The maximum Gasteiger partial charge on any atom is 0.425 e. The first kappa shape index (κ1) is 40.1. The summed E-state index contributed by atoms with van der Waals surface area (Å²) < 4.78 is 34.3. The van der Waals surface area contributed by atoms with E-state index < -0.39 is 67.1 Å². The predicted octanol–water partition coefficient (Wildman–Crippen LogP) is 6.72. The number of nitrogens with one attached hydrogen (secondary N) is 1. The van der Waals surface area contributed by atoms with Gasteiger partial charge in [-0.1, -0.05) is 50.2 Å². The van der Waals surface area contributed by atoms with Gasteiger partial charge in [0.25, 0.3) is 0 Å². The Bertz CT molecular complexity index is 1410. The molecule has 3 unspecified atom stereocenters. The van der Waals surface area contributed by atoms with Gasteiger partial charge in [0.1, 0.15) is 23.7 Å². The van der Waals surface area contributed by atoms with Crippen LogP contribution in [0.5, 0.6) is 0 Å². The number of carbonyl (C=O) groups is 4. The Hall–Kier alpha value is -4.09. The number of alkyl carbamates (subject to hydrolysis) is 1. The van der Waals surface area contributed by atoms with Crippen LogP contribution in [0.25, 0.3) is 0 Å². The molecule has 48 heavy (non-hydrogen) atoms. The first-order valence-electron chi connectivity index (χ1n) is 15.6. The minimum absolute atomic E-state index is 0.0308. The molecule has 3 amide bonds. The van der Waals surface area contributed by atoms with Crippen LogP contribution in [0.1, 0.15) is 79.0 Å². The predicted molar refractivity (Wildman–Crippen MR) is 179 cm³/mol. The van der Waals surface area contributed by atoms with Gasteiger partial charge in [0, 0.05) is 6.20 Å². The number of aryl methyl sites for hydroxylation is 1. The average molecular weight is 690 g/mol. The second-order valence-electron chi connectivity index (χ2n) is 13.6. The molecule has 0 spiro atoms. The molecule has 1 aromatic carbocycles. The summed E-state index contributed by atoms with van der Waals surface area (Å²) in [6.07, 6.45) is -1.82. The van der Waals surface area contributed by atoms with Gasteiger partial charge in [0.05, 0.1) is 12.6 Å². The van der Waals surface area contributed by atoms with Gasteiger partial charge in [0.15, 0.2) is 19.6 Å². The van der Waals surface area contributed by atoms with Crippen molar-refractivity contribution in [3.63, 3.8) is 0 Å². The van der Waals surface area contributed by atoms with Crippen LogP contribution in [0.2, 0.25) is 0 Å². The number of benzene rings is 1. The molecule has 0 radical (unpaired) electrons. The van der Waals surface area contributed by atoms with Gasteiger partial charge in [0.2, 0.25) is 0 Å². The number of imide groups is 1. The molecule has 264 valence electrons. The van der Waals surface area contributed by atoms with Crippen LogP contribution in [0.4, 0.5) is 20.2 Å². The number of ether oxygens (including phenoxy) is 4. The Morgan fingerprint density at radius 1 is 0.938 bits per heavy atom. The van der Waals surface area contributed by atoms with Crippen molar-refractivity contribution in [2.75, 3.05) is 11.5 Å². The van der Waals surface area contributed by atoms with Gasteiger partial charge >= 0.3 is 24.2 Å². The molecule has 13 nitrogen and oxygen atoms in total. The van der Waals surface area contributed by atoms with Crippen LogP contribution in [0, 0.1) is 18.8 Å². The first-order valence-corrected chi connectivity index (χ1v) is 16.5. The van der Waals surface area contributed by atoms with Crippen LogP contribution in [0.15, 0.2) is 42.6 Å². The summed E-state index contributed by atoms with van der Waals surface area (Å²) in [5.41, 5.74) is -0.431. The van der Waals surface area contributed by atoms with Crippen LogP contribution < -0.4 is 10.2 Å². The summed E-state index contributed by atoms with van der Waals surface area (Å²) in [6.45, 7) is 16.4. The van der Waals surface area contributed by atoms with E-state index in [1.54, 1.807) is 99.6 Å². The zero-order valence-electron chi connectivity index (χ0n) is 29.4. The summed E-state index contributed by atoms with van der Waals surface area (Å²) in [7, 11) is -0.852. The summed E-state index contributed by atoms with van der Waals surface area (Å²) in [5.74, 6) is -2.91. The van der Waals surface area contributed by atoms with E-state index in [9.17, 15) is 28.8 Å². The molecule has 0 fully saturated rings. The van der Waals surface area contributed by atoms with Gasteiger partial charge in [-0.3, -0.25) is 9.36 Å². The number of carbonyl (C=O) groups excluding carboxylic acids is 4. The molecule has 3 atom stereocenters. The number of nitrogens with zero attached hydrogens (tertiary/aromatic N) is 2. The number of anilines is 1. The summed E-state index contributed by atoms with van der Waals surface area (Å²) in [5, 5.41) is 12.2. The smallest absolute Gasteiger partial charge is 0.425 e. The zero-order valence-corrected chi connectivity index (χ0v) is 30.3. The number of amides is 3. The van der Waals surface area contributed by atoms with Crippen molar-refractivity contribution in [3.05, 3.63) is 59.3 Å². The molecule has 2 N–H and O–H groups in total. The van der Waals surface area contributed by atoms with Crippen molar-refractivity contribution >= 4 is 38.5 Å². The largest absolute Gasteiger partial charge is 0.466 e. The molecule has 0 aliphatic rings. The quantitative estimate of drug-likeness (QED) is 0.138. The van der Waals surface area contributed by atoms with E-state index >= 15 is 0 Å². The lowest BCUT2D eigenvalue weighted by molar-refractivity contribution is -0.155.